The zero-order valence-corrected chi connectivity index (χ0v) is 10.8. The molecule has 2 unspecified atom stereocenters. The van der Waals surface area contributed by atoms with Crippen molar-refractivity contribution in [3.05, 3.63) is 0 Å². The van der Waals surface area contributed by atoms with Crippen molar-refractivity contribution in [2.75, 3.05) is 11.5 Å². The van der Waals surface area contributed by atoms with Gasteiger partial charge in [-0.1, -0.05) is 19.3 Å². The Labute approximate surface area is 103 Å². The summed E-state index contributed by atoms with van der Waals surface area (Å²) in [6.45, 7) is 0. The van der Waals surface area contributed by atoms with Crippen molar-refractivity contribution in [3.63, 3.8) is 0 Å². The Morgan fingerprint density at radius 3 is 2.19 bits per heavy atom. The van der Waals surface area contributed by atoms with Crippen LogP contribution in [0.3, 0.4) is 0 Å². The summed E-state index contributed by atoms with van der Waals surface area (Å²) < 4.78 is 22.6. The fourth-order valence-electron chi connectivity index (χ4n) is 2.56. The van der Waals surface area contributed by atoms with E-state index in [4.69, 9.17) is 0 Å². The maximum Gasteiger partial charge on any atom is 0.154 e. The summed E-state index contributed by atoms with van der Waals surface area (Å²) >= 11 is 0. The van der Waals surface area contributed by atoms with Crippen LogP contribution in [0.15, 0.2) is 0 Å². The molecule has 0 bridgehead atoms. The molecule has 0 aromatic carbocycles. The predicted molar refractivity (Wildman–Crippen MR) is 58.5 cm³/mol. The van der Waals surface area contributed by atoms with Crippen LogP contribution in [0, 0.1) is 0 Å². The van der Waals surface area contributed by atoms with E-state index in [1.807, 2.05) is 0 Å². The highest BCUT2D eigenvalue weighted by Crippen LogP contribution is 2.20. The standard InChI is InChI=1S/C10H19NO3S.ClH/c12-10-7-15(13,14)6-9(10)11-8-4-2-1-3-5-8;/h8-12H,1-7H2;1H/p-1. The maximum atomic E-state index is 11.3. The minimum absolute atomic E-state index is 0. The van der Waals surface area contributed by atoms with Gasteiger partial charge in [0.15, 0.2) is 9.84 Å². The maximum absolute atomic E-state index is 11.3. The molecular formula is C10H19ClNO3S-. The van der Waals surface area contributed by atoms with Gasteiger partial charge in [0.2, 0.25) is 0 Å². The molecular weight excluding hydrogens is 250 g/mol. The normalized spacial score (nSPS) is 34.6. The molecule has 0 spiro atoms. The Morgan fingerprint density at radius 2 is 1.69 bits per heavy atom. The van der Waals surface area contributed by atoms with Crippen LogP contribution >= 0.6 is 0 Å². The average Bonchev–Trinajstić information content (AvgIpc) is 2.41. The molecule has 6 heteroatoms. The summed E-state index contributed by atoms with van der Waals surface area (Å²) in [5, 5.41) is 12.9. The second-order valence-corrected chi connectivity index (χ2v) is 6.91. The van der Waals surface area contributed by atoms with Crippen molar-refractivity contribution in [2.45, 2.75) is 50.3 Å². The first-order chi connectivity index (χ1) is 7.07. The zero-order valence-electron chi connectivity index (χ0n) is 9.23. The van der Waals surface area contributed by atoms with Crippen LogP contribution < -0.4 is 17.7 Å². The molecule has 2 atom stereocenters. The van der Waals surface area contributed by atoms with E-state index in [1.54, 1.807) is 0 Å². The highest BCUT2D eigenvalue weighted by molar-refractivity contribution is 7.91. The van der Waals surface area contributed by atoms with Crippen LogP contribution in [0.5, 0.6) is 0 Å². The van der Waals surface area contributed by atoms with Gasteiger partial charge in [-0.2, -0.15) is 0 Å². The molecule has 96 valence electrons. The fraction of sp³-hybridized carbons (Fsp3) is 1.00. The number of aliphatic hydroxyl groups excluding tert-OH is 1. The third-order valence-electron chi connectivity index (χ3n) is 3.38. The Bertz CT molecular complexity index is 314. The first-order valence-electron chi connectivity index (χ1n) is 5.71. The topological polar surface area (TPSA) is 66.4 Å². The molecule has 1 aliphatic carbocycles. The monoisotopic (exact) mass is 268 g/mol. The van der Waals surface area contributed by atoms with Crippen LogP contribution in [-0.2, 0) is 9.84 Å². The Morgan fingerprint density at radius 1 is 1.06 bits per heavy atom. The van der Waals surface area contributed by atoms with Gasteiger partial charge < -0.3 is 22.8 Å². The largest absolute Gasteiger partial charge is 1.00 e. The molecule has 4 nitrogen and oxygen atoms in total. The highest BCUT2D eigenvalue weighted by atomic mass is 35.5. The second-order valence-electron chi connectivity index (χ2n) is 4.75. The molecule has 0 radical (unpaired) electrons. The lowest BCUT2D eigenvalue weighted by Crippen LogP contribution is -3.00. The molecule has 2 N–H and O–H groups in total. The van der Waals surface area contributed by atoms with Gasteiger partial charge in [-0.3, -0.25) is 0 Å². The van der Waals surface area contributed by atoms with E-state index in [0.717, 1.165) is 12.8 Å². The molecule has 2 rings (SSSR count). The van der Waals surface area contributed by atoms with E-state index in [2.05, 4.69) is 5.32 Å². The number of hydrogen-bond acceptors (Lipinski definition) is 4. The molecule has 0 aromatic rings. The van der Waals surface area contributed by atoms with Gasteiger partial charge >= 0.3 is 0 Å². The highest BCUT2D eigenvalue weighted by Gasteiger charge is 2.37. The van der Waals surface area contributed by atoms with Crippen LogP contribution in [-0.4, -0.2) is 43.2 Å². The summed E-state index contributed by atoms with van der Waals surface area (Å²) in [6, 6.07) is 0.171. The number of aliphatic hydroxyl groups is 1. The van der Waals surface area contributed by atoms with Crippen molar-refractivity contribution in [3.8, 4) is 0 Å². The lowest BCUT2D eigenvalue weighted by molar-refractivity contribution is -0.00000748. The van der Waals surface area contributed by atoms with Gasteiger partial charge in [-0.15, -0.1) is 0 Å². The fourth-order valence-corrected chi connectivity index (χ4v) is 4.31. The number of halogens is 1. The number of nitrogens with one attached hydrogen (secondary N) is 1. The molecule has 2 fully saturated rings. The van der Waals surface area contributed by atoms with Crippen molar-refractivity contribution in [1.29, 1.82) is 0 Å². The molecule has 1 aliphatic heterocycles. The third-order valence-corrected chi connectivity index (χ3v) is 5.09. The minimum atomic E-state index is -3.01. The van der Waals surface area contributed by atoms with Gasteiger partial charge in [-0.25, -0.2) is 8.42 Å². The van der Waals surface area contributed by atoms with Gasteiger partial charge in [0.25, 0.3) is 0 Å². The van der Waals surface area contributed by atoms with Crippen molar-refractivity contribution in [2.24, 2.45) is 0 Å². The van der Waals surface area contributed by atoms with Crippen molar-refractivity contribution < 1.29 is 25.9 Å². The zero-order chi connectivity index (χ0) is 10.9. The van der Waals surface area contributed by atoms with E-state index in [0.29, 0.717) is 6.04 Å². The van der Waals surface area contributed by atoms with Crippen molar-refractivity contribution in [1.82, 2.24) is 5.32 Å². The van der Waals surface area contributed by atoms with E-state index >= 15 is 0 Å². The summed E-state index contributed by atoms with van der Waals surface area (Å²) in [5.41, 5.74) is 0. The van der Waals surface area contributed by atoms with Crippen molar-refractivity contribution >= 4 is 9.84 Å². The molecule has 1 heterocycles. The quantitative estimate of drug-likeness (QED) is 0.563. The predicted octanol–water partition coefficient (Wildman–Crippen LogP) is -2.93. The molecule has 1 saturated carbocycles. The summed E-state index contributed by atoms with van der Waals surface area (Å²) in [6.07, 6.45) is 5.23. The SMILES string of the molecule is O=S1(=O)CC(O)C(NC2CCCCC2)C1.[Cl-]. The van der Waals surface area contributed by atoms with Gasteiger partial charge in [0.05, 0.1) is 17.6 Å². The smallest absolute Gasteiger partial charge is 0.154 e. The van der Waals surface area contributed by atoms with E-state index < -0.39 is 15.9 Å². The van der Waals surface area contributed by atoms with Crippen LogP contribution in [0.2, 0.25) is 0 Å². The lowest BCUT2D eigenvalue weighted by atomic mass is 9.94. The molecule has 1 saturated heterocycles. The van der Waals surface area contributed by atoms with Gasteiger partial charge in [0.1, 0.15) is 0 Å². The third kappa shape index (κ3) is 3.58. The van der Waals surface area contributed by atoms with Gasteiger partial charge in [-0.05, 0) is 12.8 Å². The Kier molecular flexibility index (Phi) is 5.04. The number of rotatable bonds is 2. The average molecular weight is 269 g/mol. The first-order valence-corrected chi connectivity index (χ1v) is 7.53. The molecule has 0 aromatic heterocycles. The summed E-state index contributed by atoms with van der Waals surface area (Å²) in [4.78, 5) is 0. The van der Waals surface area contributed by atoms with Crippen LogP contribution in [0.1, 0.15) is 32.1 Å². The number of sulfone groups is 1. The number of hydrogen-bond donors (Lipinski definition) is 2. The summed E-state index contributed by atoms with van der Waals surface area (Å²) in [7, 11) is -3.01. The van der Waals surface area contributed by atoms with E-state index in [1.165, 1.54) is 19.3 Å². The molecule has 0 amide bonds. The molecule has 2 aliphatic rings. The minimum Gasteiger partial charge on any atom is -1.00 e. The lowest BCUT2D eigenvalue weighted by Gasteiger charge is -2.27. The van der Waals surface area contributed by atoms with E-state index in [9.17, 15) is 13.5 Å². The summed E-state index contributed by atoms with van der Waals surface area (Å²) in [5.74, 6) is 0.0298. The Hall–Kier alpha value is 0.160. The van der Waals surface area contributed by atoms with Crippen LogP contribution in [0.25, 0.3) is 0 Å². The second kappa shape index (κ2) is 5.67. The van der Waals surface area contributed by atoms with Gasteiger partial charge in [0, 0.05) is 12.1 Å². The van der Waals surface area contributed by atoms with E-state index in [-0.39, 0.29) is 30.0 Å². The first kappa shape index (κ1) is 14.2. The Balaban J connectivity index is 0.00000128. The molecule has 16 heavy (non-hydrogen) atoms. The van der Waals surface area contributed by atoms with Crippen LogP contribution in [0.4, 0.5) is 0 Å².